The summed E-state index contributed by atoms with van der Waals surface area (Å²) >= 11 is 0. The quantitative estimate of drug-likeness (QED) is 0.207. The summed E-state index contributed by atoms with van der Waals surface area (Å²) in [6, 6.07) is 12.4. The van der Waals surface area contributed by atoms with Crippen LogP contribution in [0.3, 0.4) is 0 Å². The molecule has 2 fully saturated rings. The standard InChI is InChI=1S/C34H41F3N8O4/c35-34(36,37)32-42-28(44-20-12-24(13-21-44)8-17-40-33(49)41-18-11-30(46)47)22-29(43-32)45-19-1-2-27(45)31(48)39-16-7-23-3-5-25(6-4-23)26-9-14-38-15-10-26/h3-6,9-10,14-15,22,24,27H,1-2,7-8,11-13,16-21H2,(H,39,48)(H,46,47)(H2,40,41,49). The Bertz CT molecular complexity index is 1570. The first-order valence-electron chi connectivity index (χ1n) is 16.6. The van der Waals surface area contributed by atoms with E-state index in [1.165, 1.54) is 0 Å². The number of carboxylic acid groups (broad SMARTS) is 1. The van der Waals surface area contributed by atoms with E-state index < -0.39 is 30.0 Å². The summed E-state index contributed by atoms with van der Waals surface area (Å²) in [5.74, 6) is -1.96. The van der Waals surface area contributed by atoms with Crippen LogP contribution in [0.2, 0.25) is 0 Å². The minimum absolute atomic E-state index is 0.0344. The highest BCUT2D eigenvalue weighted by atomic mass is 19.4. The van der Waals surface area contributed by atoms with Crippen molar-refractivity contribution in [1.29, 1.82) is 0 Å². The van der Waals surface area contributed by atoms with Gasteiger partial charge >= 0.3 is 18.2 Å². The van der Waals surface area contributed by atoms with Gasteiger partial charge in [0.1, 0.15) is 17.7 Å². The predicted molar refractivity (Wildman–Crippen MR) is 177 cm³/mol. The lowest BCUT2D eigenvalue weighted by Gasteiger charge is -2.34. The number of urea groups is 1. The molecule has 0 saturated carbocycles. The number of carboxylic acids is 1. The van der Waals surface area contributed by atoms with Crippen molar-refractivity contribution < 1.29 is 32.7 Å². The van der Waals surface area contributed by atoms with E-state index in [1.54, 1.807) is 23.4 Å². The molecule has 0 spiro atoms. The molecule has 3 amide bonds. The molecule has 15 heteroatoms. The van der Waals surface area contributed by atoms with Crippen LogP contribution in [0, 0.1) is 5.92 Å². The second kappa shape index (κ2) is 16.4. The number of nitrogens with one attached hydrogen (secondary N) is 3. The summed E-state index contributed by atoms with van der Waals surface area (Å²) in [4.78, 5) is 51.0. The van der Waals surface area contributed by atoms with Crippen LogP contribution >= 0.6 is 0 Å². The van der Waals surface area contributed by atoms with Gasteiger partial charge in [-0.3, -0.25) is 14.6 Å². The Labute approximate surface area is 282 Å². The first kappa shape index (κ1) is 35.4. The fourth-order valence-corrected chi connectivity index (χ4v) is 6.21. The third-order valence-electron chi connectivity index (χ3n) is 8.88. The van der Waals surface area contributed by atoms with Crippen molar-refractivity contribution in [2.45, 2.75) is 57.2 Å². The number of carbonyl (C=O) groups excluding carboxylic acids is 2. The van der Waals surface area contributed by atoms with Crippen LogP contribution < -0.4 is 25.8 Å². The van der Waals surface area contributed by atoms with Gasteiger partial charge in [-0.15, -0.1) is 0 Å². The van der Waals surface area contributed by atoms with Gasteiger partial charge in [0, 0.05) is 57.7 Å². The number of rotatable bonds is 13. The molecule has 2 saturated heterocycles. The average molecular weight is 683 g/mol. The van der Waals surface area contributed by atoms with E-state index >= 15 is 0 Å². The molecule has 2 aliphatic heterocycles. The van der Waals surface area contributed by atoms with Crippen LogP contribution in [0.15, 0.2) is 54.9 Å². The van der Waals surface area contributed by atoms with Crippen LogP contribution in [-0.4, -0.2) is 83.3 Å². The molecule has 12 nitrogen and oxygen atoms in total. The molecule has 0 aliphatic carbocycles. The summed E-state index contributed by atoms with van der Waals surface area (Å²) in [7, 11) is 0. The van der Waals surface area contributed by atoms with Crippen LogP contribution in [0.25, 0.3) is 11.1 Å². The van der Waals surface area contributed by atoms with Crippen LogP contribution in [0.1, 0.15) is 49.9 Å². The number of pyridine rings is 1. The number of benzene rings is 1. The highest BCUT2D eigenvalue weighted by Gasteiger charge is 2.39. The van der Waals surface area contributed by atoms with E-state index in [0.29, 0.717) is 71.2 Å². The van der Waals surface area contributed by atoms with Crippen LogP contribution in [0.4, 0.5) is 29.6 Å². The van der Waals surface area contributed by atoms with Gasteiger partial charge in [-0.05, 0) is 73.3 Å². The summed E-state index contributed by atoms with van der Waals surface area (Å²) in [6.45, 7) is 2.19. The van der Waals surface area contributed by atoms with Gasteiger partial charge in [0.2, 0.25) is 11.7 Å². The number of carbonyl (C=O) groups is 3. The molecule has 2 aromatic heterocycles. The van der Waals surface area contributed by atoms with Crippen molar-refractivity contribution in [2.24, 2.45) is 5.92 Å². The zero-order valence-electron chi connectivity index (χ0n) is 27.1. The third kappa shape index (κ3) is 10.0. The summed E-state index contributed by atoms with van der Waals surface area (Å²) in [6.07, 6.45) is 2.39. The molecule has 1 unspecified atom stereocenters. The highest BCUT2D eigenvalue weighted by molar-refractivity contribution is 5.85. The van der Waals surface area contributed by atoms with E-state index in [1.807, 2.05) is 41.3 Å². The van der Waals surface area contributed by atoms with E-state index in [-0.39, 0.29) is 36.4 Å². The second-order valence-electron chi connectivity index (χ2n) is 12.3. The first-order chi connectivity index (χ1) is 23.6. The third-order valence-corrected chi connectivity index (χ3v) is 8.88. The largest absolute Gasteiger partial charge is 0.481 e. The fraction of sp³-hybridized carbons (Fsp3) is 0.471. The number of halogens is 3. The molecule has 5 rings (SSSR count). The Morgan fingerprint density at radius 1 is 0.837 bits per heavy atom. The molecular formula is C34H41F3N8O4. The maximum absolute atomic E-state index is 14.0. The topological polar surface area (TPSA) is 153 Å². The monoisotopic (exact) mass is 682 g/mol. The van der Waals surface area contributed by atoms with Crippen molar-refractivity contribution in [3.63, 3.8) is 0 Å². The number of anilines is 2. The number of piperidine rings is 1. The van der Waals surface area contributed by atoms with Crippen molar-refractivity contribution >= 4 is 29.5 Å². The lowest BCUT2D eigenvalue weighted by molar-refractivity contribution is -0.144. The number of alkyl halides is 3. The lowest BCUT2D eigenvalue weighted by Crippen LogP contribution is -2.44. The maximum atomic E-state index is 14.0. The zero-order valence-corrected chi connectivity index (χ0v) is 27.1. The fourth-order valence-electron chi connectivity index (χ4n) is 6.21. The number of amides is 3. The molecule has 3 aromatic rings. The molecule has 49 heavy (non-hydrogen) atoms. The predicted octanol–water partition coefficient (Wildman–Crippen LogP) is 4.27. The van der Waals surface area contributed by atoms with E-state index in [9.17, 15) is 27.6 Å². The van der Waals surface area contributed by atoms with Gasteiger partial charge in [0.15, 0.2) is 0 Å². The molecule has 4 N–H and O–H groups in total. The molecule has 262 valence electrons. The first-order valence-corrected chi connectivity index (χ1v) is 16.6. The van der Waals surface area contributed by atoms with Crippen LogP contribution in [-0.2, 0) is 22.2 Å². The highest BCUT2D eigenvalue weighted by Crippen LogP contribution is 2.34. The summed E-state index contributed by atoms with van der Waals surface area (Å²) in [5.41, 5.74) is 3.18. The molecule has 4 heterocycles. The molecule has 0 radical (unpaired) electrons. The van der Waals surface area contributed by atoms with Crippen molar-refractivity contribution in [2.75, 3.05) is 49.1 Å². The number of nitrogens with zero attached hydrogens (tertiary/aromatic N) is 5. The second-order valence-corrected chi connectivity index (χ2v) is 12.3. The minimum atomic E-state index is -4.76. The molecule has 0 bridgehead atoms. The number of hydrogen-bond donors (Lipinski definition) is 4. The molecule has 2 aliphatic rings. The maximum Gasteiger partial charge on any atom is 0.451 e. The van der Waals surface area contributed by atoms with Gasteiger partial charge < -0.3 is 30.9 Å². The normalized spacial score (nSPS) is 16.8. The Kier molecular flexibility index (Phi) is 11.9. The number of aliphatic carboxylic acids is 1. The van der Waals surface area contributed by atoms with Gasteiger partial charge in [0.25, 0.3) is 0 Å². The Morgan fingerprint density at radius 2 is 1.51 bits per heavy atom. The van der Waals surface area contributed by atoms with Gasteiger partial charge in [0.05, 0.1) is 6.42 Å². The Hall–Kier alpha value is -4.95. The van der Waals surface area contributed by atoms with Gasteiger partial charge in [-0.1, -0.05) is 24.3 Å². The average Bonchev–Trinajstić information content (AvgIpc) is 3.59. The lowest BCUT2D eigenvalue weighted by atomic mass is 9.93. The SMILES string of the molecule is O=C(O)CCNC(=O)NCCC1CCN(c2cc(N3CCCC3C(=O)NCCc3ccc(-c4ccncc4)cc3)nc(C(F)(F)F)n2)CC1. The van der Waals surface area contributed by atoms with Crippen molar-refractivity contribution in [3.8, 4) is 11.1 Å². The minimum Gasteiger partial charge on any atom is -0.481 e. The van der Waals surface area contributed by atoms with Crippen molar-refractivity contribution in [1.82, 2.24) is 30.9 Å². The van der Waals surface area contributed by atoms with E-state index in [4.69, 9.17) is 5.11 Å². The molecular weight excluding hydrogens is 641 g/mol. The Balaban J connectivity index is 1.15. The van der Waals surface area contributed by atoms with Crippen LogP contribution in [0.5, 0.6) is 0 Å². The van der Waals surface area contributed by atoms with E-state index in [0.717, 1.165) is 16.7 Å². The number of aromatic nitrogens is 3. The van der Waals surface area contributed by atoms with Gasteiger partial charge in [-0.25, -0.2) is 14.8 Å². The van der Waals surface area contributed by atoms with Crippen molar-refractivity contribution in [3.05, 3.63) is 66.2 Å². The van der Waals surface area contributed by atoms with E-state index in [2.05, 4.69) is 30.9 Å². The smallest absolute Gasteiger partial charge is 0.451 e. The number of hydrogen-bond acceptors (Lipinski definition) is 8. The summed E-state index contributed by atoms with van der Waals surface area (Å²) in [5, 5.41) is 16.8. The van der Waals surface area contributed by atoms with Gasteiger partial charge in [-0.2, -0.15) is 13.2 Å². The molecule has 1 atom stereocenters. The molecule has 1 aromatic carbocycles. The Morgan fingerprint density at radius 3 is 2.20 bits per heavy atom. The zero-order chi connectivity index (χ0) is 34.8. The summed E-state index contributed by atoms with van der Waals surface area (Å²) < 4.78 is 41.9.